The highest BCUT2D eigenvalue weighted by Gasteiger charge is 2.15. The fourth-order valence-corrected chi connectivity index (χ4v) is 3.24. The summed E-state index contributed by atoms with van der Waals surface area (Å²) in [4.78, 5) is 24.3. The number of carbonyl (C=O) groups is 2. The van der Waals surface area contributed by atoms with Gasteiger partial charge in [0, 0.05) is 18.4 Å². The summed E-state index contributed by atoms with van der Waals surface area (Å²) >= 11 is 1.21. The van der Waals surface area contributed by atoms with Gasteiger partial charge in [-0.2, -0.15) is 0 Å². The van der Waals surface area contributed by atoms with Gasteiger partial charge in [0.2, 0.25) is 11.8 Å². The molecular formula is C20H20FN5O3S. The van der Waals surface area contributed by atoms with Crippen LogP contribution in [0.5, 0.6) is 5.75 Å². The van der Waals surface area contributed by atoms with E-state index in [9.17, 15) is 14.0 Å². The average molecular weight is 429 g/mol. The molecule has 3 rings (SSSR count). The summed E-state index contributed by atoms with van der Waals surface area (Å²) in [5.41, 5.74) is 1.16. The molecule has 156 valence electrons. The molecule has 2 aromatic carbocycles. The molecule has 30 heavy (non-hydrogen) atoms. The van der Waals surface area contributed by atoms with Crippen LogP contribution in [0.25, 0.3) is 0 Å². The number of anilines is 2. The highest BCUT2D eigenvalue weighted by molar-refractivity contribution is 7.99. The van der Waals surface area contributed by atoms with Gasteiger partial charge in [0.1, 0.15) is 17.4 Å². The Balaban J connectivity index is 1.51. The zero-order valence-electron chi connectivity index (χ0n) is 16.4. The maximum absolute atomic E-state index is 12.9. The van der Waals surface area contributed by atoms with Gasteiger partial charge in [0.25, 0.3) is 0 Å². The highest BCUT2D eigenvalue weighted by Crippen LogP contribution is 2.18. The van der Waals surface area contributed by atoms with E-state index in [1.54, 1.807) is 43.0 Å². The summed E-state index contributed by atoms with van der Waals surface area (Å²) in [7, 11) is 3.30. The number of benzene rings is 2. The number of nitrogens with one attached hydrogen (secondary N) is 2. The van der Waals surface area contributed by atoms with E-state index in [1.165, 1.54) is 36.0 Å². The molecule has 0 aliphatic heterocycles. The lowest BCUT2D eigenvalue weighted by Gasteiger charge is -2.07. The lowest BCUT2D eigenvalue weighted by atomic mass is 10.3. The number of nitrogens with zero attached hydrogens (tertiary/aromatic N) is 3. The molecule has 2 N–H and O–H groups in total. The highest BCUT2D eigenvalue weighted by atomic mass is 32.2. The predicted octanol–water partition coefficient (Wildman–Crippen LogP) is 2.87. The summed E-state index contributed by atoms with van der Waals surface area (Å²) in [5.74, 6) is 0.429. The van der Waals surface area contributed by atoms with Gasteiger partial charge in [-0.05, 0) is 48.5 Å². The Morgan fingerprint density at radius 1 is 1.00 bits per heavy atom. The Morgan fingerprint density at radius 3 is 2.23 bits per heavy atom. The van der Waals surface area contributed by atoms with Crippen LogP contribution in [0.2, 0.25) is 0 Å². The molecule has 1 heterocycles. The molecule has 0 saturated carbocycles. The molecule has 0 saturated heterocycles. The number of carbonyl (C=O) groups excluding carboxylic acids is 2. The lowest BCUT2D eigenvalue weighted by Crippen LogP contribution is -2.17. The molecule has 10 heteroatoms. The minimum atomic E-state index is -0.376. The van der Waals surface area contributed by atoms with E-state index in [0.29, 0.717) is 28.1 Å². The number of methoxy groups -OCH3 is 1. The number of hydrogen-bond acceptors (Lipinski definition) is 6. The first-order valence-corrected chi connectivity index (χ1v) is 9.93. The molecule has 3 aromatic rings. The molecule has 0 atom stereocenters. The molecule has 0 bridgehead atoms. The number of rotatable bonds is 8. The third-order valence-electron chi connectivity index (χ3n) is 4.08. The van der Waals surface area contributed by atoms with Crippen LogP contribution in [0, 0.1) is 5.82 Å². The smallest absolute Gasteiger partial charge is 0.234 e. The second-order valence-corrected chi connectivity index (χ2v) is 7.20. The van der Waals surface area contributed by atoms with Crippen LogP contribution in [0.4, 0.5) is 15.8 Å². The lowest BCUT2D eigenvalue weighted by molar-refractivity contribution is -0.116. The van der Waals surface area contributed by atoms with Gasteiger partial charge in [-0.25, -0.2) is 4.39 Å². The summed E-state index contributed by atoms with van der Waals surface area (Å²) in [5, 5.41) is 14.0. The molecule has 1 aromatic heterocycles. The molecule has 0 spiro atoms. The quantitative estimate of drug-likeness (QED) is 0.535. The van der Waals surface area contributed by atoms with E-state index < -0.39 is 0 Å². The number of amides is 2. The SMILES string of the molecule is COc1ccc(NC(=O)CSc2nnc(CC(=O)Nc3ccc(F)cc3)n2C)cc1. The monoisotopic (exact) mass is 429 g/mol. The second-order valence-electron chi connectivity index (χ2n) is 6.26. The van der Waals surface area contributed by atoms with Crippen molar-refractivity contribution in [2.24, 2.45) is 7.05 Å². The number of halogens is 1. The van der Waals surface area contributed by atoms with Gasteiger partial charge < -0.3 is 19.9 Å². The molecule has 0 fully saturated rings. The fourth-order valence-electron chi connectivity index (χ4n) is 2.51. The fraction of sp³-hybridized carbons (Fsp3) is 0.200. The zero-order chi connectivity index (χ0) is 21.5. The molecule has 8 nitrogen and oxygen atoms in total. The summed E-state index contributed by atoms with van der Waals surface area (Å²) in [6.45, 7) is 0. The summed E-state index contributed by atoms with van der Waals surface area (Å²) in [6, 6.07) is 12.5. The molecule has 0 aliphatic rings. The average Bonchev–Trinajstić information content (AvgIpc) is 3.08. The maximum Gasteiger partial charge on any atom is 0.234 e. The second kappa shape index (κ2) is 9.88. The largest absolute Gasteiger partial charge is 0.497 e. The van der Waals surface area contributed by atoms with Crippen LogP contribution >= 0.6 is 11.8 Å². The molecule has 0 aliphatic carbocycles. The van der Waals surface area contributed by atoms with Crippen molar-refractivity contribution in [2.45, 2.75) is 11.6 Å². The van der Waals surface area contributed by atoms with Crippen LogP contribution in [-0.4, -0.2) is 39.4 Å². The van der Waals surface area contributed by atoms with Crippen molar-refractivity contribution in [3.8, 4) is 5.75 Å². The van der Waals surface area contributed by atoms with E-state index >= 15 is 0 Å². The van der Waals surface area contributed by atoms with Crippen molar-refractivity contribution in [1.82, 2.24) is 14.8 Å². The first kappa shape index (κ1) is 21.3. The van der Waals surface area contributed by atoms with Gasteiger partial charge in [-0.15, -0.1) is 10.2 Å². The third kappa shape index (κ3) is 5.80. The predicted molar refractivity (Wildman–Crippen MR) is 112 cm³/mol. The zero-order valence-corrected chi connectivity index (χ0v) is 17.2. The number of hydrogen-bond donors (Lipinski definition) is 2. The summed E-state index contributed by atoms with van der Waals surface area (Å²) < 4.78 is 19.7. The van der Waals surface area contributed by atoms with Gasteiger partial charge in [0.15, 0.2) is 5.16 Å². The van der Waals surface area contributed by atoms with Crippen molar-refractivity contribution < 1.29 is 18.7 Å². The van der Waals surface area contributed by atoms with Crippen LogP contribution in [0.3, 0.4) is 0 Å². The van der Waals surface area contributed by atoms with Crippen LogP contribution < -0.4 is 15.4 Å². The van der Waals surface area contributed by atoms with Crippen molar-refractivity contribution >= 4 is 35.0 Å². The standard InChI is InChI=1S/C20H20FN5O3S/c1-26-17(11-18(27)22-14-5-3-13(21)4-6-14)24-25-20(26)30-12-19(28)23-15-7-9-16(29-2)10-8-15/h3-10H,11-12H2,1-2H3,(H,22,27)(H,23,28). The number of thioether (sulfide) groups is 1. The minimum absolute atomic E-state index is 0.000515. The van der Waals surface area contributed by atoms with Crippen molar-refractivity contribution in [1.29, 1.82) is 0 Å². The van der Waals surface area contributed by atoms with Crippen LogP contribution in [0.15, 0.2) is 53.7 Å². The Hall–Kier alpha value is -3.40. The molecular weight excluding hydrogens is 409 g/mol. The first-order chi connectivity index (χ1) is 14.4. The van der Waals surface area contributed by atoms with Crippen LogP contribution in [0.1, 0.15) is 5.82 Å². The van der Waals surface area contributed by atoms with Gasteiger partial charge in [0.05, 0.1) is 19.3 Å². The van der Waals surface area contributed by atoms with Gasteiger partial charge >= 0.3 is 0 Å². The molecule has 0 radical (unpaired) electrons. The maximum atomic E-state index is 12.9. The Bertz CT molecular complexity index is 1020. The van der Waals surface area contributed by atoms with E-state index in [0.717, 1.165) is 0 Å². The molecule has 0 unspecified atom stereocenters. The normalized spacial score (nSPS) is 10.5. The Kier molecular flexibility index (Phi) is 7.02. The van der Waals surface area contributed by atoms with Crippen molar-refractivity contribution in [3.05, 3.63) is 60.2 Å². The van der Waals surface area contributed by atoms with Gasteiger partial charge in [-0.3, -0.25) is 9.59 Å². The van der Waals surface area contributed by atoms with E-state index in [4.69, 9.17) is 4.74 Å². The van der Waals surface area contributed by atoms with Crippen molar-refractivity contribution in [2.75, 3.05) is 23.5 Å². The van der Waals surface area contributed by atoms with E-state index in [1.807, 2.05) is 0 Å². The van der Waals surface area contributed by atoms with E-state index in [2.05, 4.69) is 20.8 Å². The summed E-state index contributed by atoms with van der Waals surface area (Å²) in [6.07, 6.45) is -0.000515. The first-order valence-electron chi connectivity index (χ1n) is 8.95. The van der Waals surface area contributed by atoms with Crippen LogP contribution in [-0.2, 0) is 23.1 Å². The van der Waals surface area contributed by atoms with Gasteiger partial charge in [-0.1, -0.05) is 11.8 Å². The topological polar surface area (TPSA) is 98.1 Å². The number of ether oxygens (including phenoxy) is 1. The minimum Gasteiger partial charge on any atom is -0.497 e. The Morgan fingerprint density at radius 2 is 1.60 bits per heavy atom. The van der Waals surface area contributed by atoms with Crippen molar-refractivity contribution in [3.63, 3.8) is 0 Å². The third-order valence-corrected chi connectivity index (χ3v) is 5.10. The Labute approximate surface area is 176 Å². The molecule has 2 amide bonds. The number of aromatic nitrogens is 3. The van der Waals surface area contributed by atoms with E-state index in [-0.39, 0.29) is 29.8 Å².